The maximum atomic E-state index is 13.1. The molecule has 5 nitrogen and oxygen atoms in total. The van der Waals surface area contributed by atoms with E-state index in [4.69, 9.17) is 23.2 Å². The molecule has 8 heteroatoms. The van der Waals surface area contributed by atoms with Gasteiger partial charge >= 0.3 is 5.97 Å². The largest absolute Gasteiger partial charge is 0.480 e. The molecule has 0 aliphatic carbocycles. The van der Waals surface area contributed by atoms with Crippen molar-refractivity contribution in [1.82, 2.24) is 9.55 Å². The maximum absolute atomic E-state index is 13.1. The molecule has 130 valence electrons. The number of aromatic nitrogens is 2. The Bertz CT molecular complexity index is 1070. The van der Waals surface area contributed by atoms with Crippen LogP contribution in [-0.2, 0) is 10.3 Å². The van der Waals surface area contributed by atoms with Crippen LogP contribution in [0.1, 0.15) is 19.7 Å². The lowest BCUT2D eigenvalue weighted by Crippen LogP contribution is -2.44. The molecule has 0 amide bonds. The molecule has 0 aliphatic rings. The molecule has 0 fully saturated rings. The number of nitrogens with zero attached hydrogens (tertiary/aromatic N) is 2. The van der Waals surface area contributed by atoms with Crippen LogP contribution in [0.25, 0.3) is 21.3 Å². The van der Waals surface area contributed by atoms with Crippen molar-refractivity contribution in [3.8, 4) is 11.1 Å². The van der Waals surface area contributed by atoms with Gasteiger partial charge < -0.3 is 5.11 Å². The molecule has 1 N–H and O–H groups in total. The van der Waals surface area contributed by atoms with E-state index in [2.05, 4.69) is 4.98 Å². The van der Waals surface area contributed by atoms with Crippen molar-refractivity contribution in [2.45, 2.75) is 26.3 Å². The Hall–Kier alpha value is -1.89. The third-order valence-corrected chi connectivity index (χ3v) is 5.70. The number of aryl methyl sites for hydroxylation is 1. The van der Waals surface area contributed by atoms with Crippen molar-refractivity contribution < 1.29 is 9.90 Å². The quantitative estimate of drug-likeness (QED) is 0.703. The van der Waals surface area contributed by atoms with E-state index < -0.39 is 17.1 Å². The number of carboxylic acids is 1. The van der Waals surface area contributed by atoms with Gasteiger partial charge in [0.15, 0.2) is 0 Å². The highest BCUT2D eigenvalue weighted by molar-refractivity contribution is 7.17. The fourth-order valence-electron chi connectivity index (χ4n) is 2.72. The summed E-state index contributed by atoms with van der Waals surface area (Å²) in [7, 11) is 0. The topological polar surface area (TPSA) is 72.2 Å². The molecule has 0 aliphatic heterocycles. The normalized spacial score (nSPS) is 11.9. The van der Waals surface area contributed by atoms with Gasteiger partial charge in [0.1, 0.15) is 16.2 Å². The average Bonchev–Trinajstić information content (AvgIpc) is 2.93. The zero-order valence-electron chi connectivity index (χ0n) is 13.6. The number of rotatable bonds is 3. The number of hydrogen-bond acceptors (Lipinski definition) is 4. The first kappa shape index (κ1) is 17.9. The molecule has 0 saturated carbocycles. The van der Waals surface area contributed by atoms with E-state index in [9.17, 15) is 14.7 Å². The van der Waals surface area contributed by atoms with E-state index in [-0.39, 0.29) is 0 Å². The Morgan fingerprint density at radius 1 is 1.28 bits per heavy atom. The molecule has 0 bridgehead atoms. The number of halogens is 2. The zero-order valence-corrected chi connectivity index (χ0v) is 16.0. The average molecular weight is 397 g/mol. The summed E-state index contributed by atoms with van der Waals surface area (Å²) in [5.41, 5.74) is -0.426. The number of carboxylic acid groups (broad SMARTS) is 1. The lowest BCUT2D eigenvalue weighted by Gasteiger charge is -2.24. The Morgan fingerprint density at radius 2 is 1.96 bits per heavy atom. The minimum absolute atomic E-state index is 0.354. The first-order valence-electron chi connectivity index (χ1n) is 7.34. The summed E-state index contributed by atoms with van der Waals surface area (Å²) >= 11 is 13.4. The van der Waals surface area contributed by atoms with Crippen LogP contribution in [0.4, 0.5) is 0 Å². The highest BCUT2D eigenvalue weighted by Gasteiger charge is 2.33. The molecule has 0 saturated heterocycles. The van der Waals surface area contributed by atoms with Crippen LogP contribution in [0.15, 0.2) is 28.4 Å². The van der Waals surface area contributed by atoms with E-state index in [1.807, 2.05) is 5.38 Å². The standard InChI is InChI=1S/C17H14Cl2N2O3S/c1-8-20-14-13(15(22)21(8)17(2,3)16(23)24)10(7-25-14)9-4-5-11(18)12(19)6-9/h4-7H,1-3H3,(H,23,24). The van der Waals surface area contributed by atoms with Gasteiger partial charge in [0.25, 0.3) is 5.56 Å². The van der Waals surface area contributed by atoms with Gasteiger partial charge in [-0.25, -0.2) is 9.78 Å². The summed E-state index contributed by atoms with van der Waals surface area (Å²) < 4.78 is 1.21. The monoisotopic (exact) mass is 396 g/mol. The minimum Gasteiger partial charge on any atom is -0.480 e. The van der Waals surface area contributed by atoms with E-state index in [0.29, 0.717) is 31.6 Å². The van der Waals surface area contributed by atoms with Crippen molar-refractivity contribution in [2.24, 2.45) is 0 Å². The summed E-state index contributed by atoms with van der Waals surface area (Å²) in [6.45, 7) is 4.58. The van der Waals surface area contributed by atoms with Crippen molar-refractivity contribution in [3.05, 3.63) is 49.8 Å². The second-order valence-corrected chi connectivity index (χ2v) is 7.79. The molecular weight excluding hydrogens is 383 g/mol. The van der Waals surface area contributed by atoms with E-state index >= 15 is 0 Å². The van der Waals surface area contributed by atoms with Crippen LogP contribution >= 0.6 is 34.5 Å². The number of aliphatic carboxylic acids is 1. The summed E-state index contributed by atoms with van der Waals surface area (Å²) in [6.07, 6.45) is 0. The molecule has 25 heavy (non-hydrogen) atoms. The third-order valence-electron chi connectivity index (χ3n) is 4.09. The Kier molecular flexibility index (Phi) is 4.39. The molecule has 2 aromatic heterocycles. The van der Waals surface area contributed by atoms with Crippen LogP contribution in [0.3, 0.4) is 0 Å². The Labute approximate surface area is 157 Å². The molecule has 1 aromatic carbocycles. The Balaban J connectivity index is 2.36. The summed E-state index contributed by atoms with van der Waals surface area (Å²) in [4.78, 5) is 29.7. The maximum Gasteiger partial charge on any atom is 0.329 e. The lowest BCUT2D eigenvalue weighted by atomic mass is 10.0. The first-order valence-corrected chi connectivity index (χ1v) is 8.98. The number of hydrogen-bond donors (Lipinski definition) is 1. The summed E-state index contributed by atoms with van der Waals surface area (Å²) in [5.74, 6) is -0.752. The number of thiophene rings is 1. The molecule has 3 aromatic rings. The number of carbonyl (C=O) groups is 1. The second kappa shape index (κ2) is 6.12. The molecular formula is C17H14Cl2N2O3S. The molecule has 0 unspecified atom stereocenters. The van der Waals surface area contributed by atoms with Gasteiger partial charge in [-0.1, -0.05) is 29.3 Å². The fourth-order valence-corrected chi connectivity index (χ4v) is 4.00. The van der Waals surface area contributed by atoms with Crippen LogP contribution in [0, 0.1) is 6.92 Å². The SMILES string of the molecule is Cc1nc2scc(-c3ccc(Cl)c(Cl)c3)c2c(=O)n1C(C)(C)C(=O)O. The lowest BCUT2D eigenvalue weighted by molar-refractivity contribution is -0.145. The second-order valence-electron chi connectivity index (χ2n) is 6.12. The third kappa shape index (κ3) is 2.84. The van der Waals surface area contributed by atoms with Crippen LogP contribution in [0.2, 0.25) is 10.0 Å². The van der Waals surface area contributed by atoms with Crippen molar-refractivity contribution in [2.75, 3.05) is 0 Å². The summed E-state index contributed by atoms with van der Waals surface area (Å²) in [6, 6.07) is 5.10. The van der Waals surface area contributed by atoms with Gasteiger partial charge in [0, 0.05) is 10.9 Å². The van der Waals surface area contributed by atoms with Crippen molar-refractivity contribution in [1.29, 1.82) is 0 Å². The molecule has 3 rings (SSSR count). The van der Waals surface area contributed by atoms with Gasteiger partial charge in [-0.2, -0.15) is 0 Å². The van der Waals surface area contributed by atoms with Gasteiger partial charge in [-0.15, -0.1) is 11.3 Å². The van der Waals surface area contributed by atoms with Crippen LogP contribution in [-0.4, -0.2) is 20.6 Å². The van der Waals surface area contributed by atoms with E-state index in [1.54, 1.807) is 25.1 Å². The summed E-state index contributed by atoms with van der Waals surface area (Å²) in [5, 5.41) is 12.5. The highest BCUT2D eigenvalue weighted by atomic mass is 35.5. The van der Waals surface area contributed by atoms with Gasteiger partial charge in [-0.3, -0.25) is 9.36 Å². The first-order chi connectivity index (χ1) is 11.6. The van der Waals surface area contributed by atoms with Crippen LogP contribution in [0.5, 0.6) is 0 Å². The molecule has 0 spiro atoms. The van der Waals surface area contributed by atoms with Crippen molar-refractivity contribution >= 4 is 50.7 Å². The van der Waals surface area contributed by atoms with Crippen LogP contribution < -0.4 is 5.56 Å². The van der Waals surface area contributed by atoms with Gasteiger partial charge in [-0.05, 0) is 38.5 Å². The predicted octanol–water partition coefficient (Wildman–Crippen LogP) is 4.56. The fraction of sp³-hybridized carbons (Fsp3) is 0.235. The number of fused-ring (bicyclic) bond motifs is 1. The van der Waals surface area contributed by atoms with Gasteiger partial charge in [0.05, 0.1) is 15.4 Å². The smallest absolute Gasteiger partial charge is 0.329 e. The predicted molar refractivity (Wildman–Crippen MR) is 101 cm³/mol. The van der Waals surface area contributed by atoms with Gasteiger partial charge in [0.2, 0.25) is 0 Å². The Morgan fingerprint density at radius 3 is 2.56 bits per heavy atom. The zero-order chi connectivity index (χ0) is 18.5. The minimum atomic E-state index is -1.42. The van der Waals surface area contributed by atoms with E-state index in [1.165, 1.54) is 29.8 Å². The van der Waals surface area contributed by atoms with E-state index in [0.717, 1.165) is 5.56 Å². The molecule has 2 heterocycles. The highest BCUT2D eigenvalue weighted by Crippen LogP contribution is 2.35. The number of benzene rings is 1. The molecule has 0 atom stereocenters. The molecule has 0 radical (unpaired) electrons. The van der Waals surface area contributed by atoms with Crippen molar-refractivity contribution in [3.63, 3.8) is 0 Å².